The molecule has 0 aliphatic heterocycles. The van der Waals surface area contributed by atoms with E-state index in [0.717, 1.165) is 11.8 Å². The van der Waals surface area contributed by atoms with E-state index in [9.17, 15) is 0 Å². The van der Waals surface area contributed by atoms with E-state index in [1.807, 2.05) is 0 Å². The van der Waals surface area contributed by atoms with Crippen molar-refractivity contribution >= 4 is 0 Å². The highest BCUT2D eigenvalue weighted by Crippen LogP contribution is 2.36. The van der Waals surface area contributed by atoms with Crippen LogP contribution in [0.5, 0.6) is 0 Å². The first-order chi connectivity index (χ1) is 10.2. The number of aryl methyl sites for hydroxylation is 1. The maximum absolute atomic E-state index is 3.67. The van der Waals surface area contributed by atoms with Gasteiger partial charge in [-0.2, -0.15) is 0 Å². The van der Waals surface area contributed by atoms with E-state index in [-0.39, 0.29) is 0 Å². The lowest BCUT2D eigenvalue weighted by atomic mass is 9.82. The molecule has 0 radical (unpaired) electrons. The van der Waals surface area contributed by atoms with Gasteiger partial charge in [-0.05, 0) is 48.8 Å². The van der Waals surface area contributed by atoms with E-state index in [4.69, 9.17) is 0 Å². The molecule has 0 heterocycles. The predicted molar refractivity (Wildman–Crippen MR) is 92.9 cm³/mol. The third-order valence-corrected chi connectivity index (χ3v) is 4.89. The van der Waals surface area contributed by atoms with Crippen molar-refractivity contribution < 1.29 is 0 Å². The Morgan fingerprint density at radius 1 is 1.05 bits per heavy atom. The normalized spacial score (nSPS) is 23.2. The van der Waals surface area contributed by atoms with E-state index < -0.39 is 0 Å². The average Bonchev–Trinajstić information content (AvgIpc) is 2.71. The zero-order valence-corrected chi connectivity index (χ0v) is 14.2. The molecule has 0 amide bonds. The van der Waals surface area contributed by atoms with Crippen molar-refractivity contribution in [2.45, 2.75) is 77.7 Å². The van der Waals surface area contributed by atoms with Gasteiger partial charge in [0.2, 0.25) is 0 Å². The Balaban J connectivity index is 2.07. The highest BCUT2D eigenvalue weighted by Gasteiger charge is 2.25. The second-order valence-corrected chi connectivity index (χ2v) is 7.06. The molecule has 2 unspecified atom stereocenters. The molecule has 21 heavy (non-hydrogen) atoms. The fourth-order valence-electron chi connectivity index (χ4n) is 3.67. The van der Waals surface area contributed by atoms with Crippen LogP contribution in [0.2, 0.25) is 0 Å². The second-order valence-electron chi connectivity index (χ2n) is 7.06. The fraction of sp³-hybridized carbons (Fsp3) is 0.700. The second kappa shape index (κ2) is 8.58. The summed E-state index contributed by atoms with van der Waals surface area (Å²) in [6.07, 6.45) is 9.45. The van der Waals surface area contributed by atoms with Gasteiger partial charge in [-0.1, -0.05) is 70.7 Å². The number of rotatable bonds is 6. The van der Waals surface area contributed by atoms with Crippen molar-refractivity contribution in [3.63, 3.8) is 0 Å². The standard InChI is InChI=1S/C20H33N/c1-4-8-17-11-13-18(14-12-17)20-10-7-5-6-9-19(20)15-21-16(2)3/h11-14,16,19-21H,4-10,15H2,1-3H3. The van der Waals surface area contributed by atoms with Crippen molar-refractivity contribution in [3.8, 4) is 0 Å². The van der Waals surface area contributed by atoms with Crippen molar-refractivity contribution in [2.75, 3.05) is 6.54 Å². The van der Waals surface area contributed by atoms with Crippen LogP contribution in [0, 0.1) is 5.92 Å². The summed E-state index contributed by atoms with van der Waals surface area (Å²) in [6.45, 7) is 7.95. The van der Waals surface area contributed by atoms with Crippen LogP contribution < -0.4 is 5.32 Å². The van der Waals surface area contributed by atoms with E-state index in [2.05, 4.69) is 50.4 Å². The molecule has 1 nitrogen and oxygen atoms in total. The molecule has 1 aliphatic rings. The Labute approximate surface area is 131 Å². The van der Waals surface area contributed by atoms with Crippen LogP contribution in [-0.2, 0) is 6.42 Å². The van der Waals surface area contributed by atoms with Gasteiger partial charge < -0.3 is 5.32 Å². The van der Waals surface area contributed by atoms with Crippen LogP contribution in [-0.4, -0.2) is 12.6 Å². The van der Waals surface area contributed by atoms with E-state index in [0.29, 0.717) is 6.04 Å². The number of hydrogen-bond donors (Lipinski definition) is 1. The summed E-state index contributed by atoms with van der Waals surface area (Å²) < 4.78 is 0. The topological polar surface area (TPSA) is 12.0 Å². The highest BCUT2D eigenvalue weighted by molar-refractivity contribution is 5.26. The minimum Gasteiger partial charge on any atom is -0.314 e. The van der Waals surface area contributed by atoms with Crippen molar-refractivity contribution in [3.05, 3.63) is 35.4 Å². The molecule has 1 fully saturated rings. The molecule has 0 saturated heterocycles. The zero-order chi connectivity index (χ0) is 15.1. The minimum absolute atomic E-state index is 0.598. The monoisotopic (exact) mass is 287 g/mol. The highest BCUT2D eigenvalue weighted by atomic mass is 14.9. The van der Waals surface area contributed by atoms with Gasteiger partial charge in [0.25, 0.3) is 0 Å². The number of benzene rings is 1. The molecule has 1 aromatic carbocycles. The van der Waals surface area contributed by atoms with Gasteiger partial charge >= 0.3 is 0 Å². The SMILES string of the molecule is CCCc1ccc(C2CCCCCC2CNC(C)C)cc1. The molecular formula is C20H33N. The van der Waals surface area contributed by atoms with Crippen LogP contribution in [0.15, 0.2) is 24.3 Å². The zero-order valence-electron chi connectivity index (χ0n) is 14.2. The van der Waals surface area contributed by atoms with Gasteiger partial charge in [0.05, 0.1) is 0 Å². The quantitative estimate of drug-likeness (QED) is 0.700. The van der Waals surface area contributed by atoms with Crippen LogP contribution in [0.4, 0.5) is 0 Å². The van der Waals surface area contributed by atoms with Crippen LogP contribution in [0.1, 0.15) is 76.3 Å². The summed E-state index contributed by atoms with van der Waals surface area (Å²) in [5.74, 6) is 1.57. The molecule has 0 bridgehead atoms. The fourth-order valence-corrected chi connectivity index (χ4v) is 3.67. The molecule has 1 heteroatoms. The summed E-state index contributed by atoms with van der Waals surface area (Å²) >= 11 is 0. The van der Waals surface area contributed by atoms with Gasteiger partial charge in [0.15, 0.2) is 0 Å². The lowest BCUT2D eigenvalue weighted by Gasteiger charge is -2.27. The maximum atomic E-state index is 3.67. The summed E-state index contributed by atoms with van der Waals surface area (Å²) in [6, 6.07) is 10.1. The Bertz CT molecular complexity index is 393. The maximum Gasteiger partial charge on any atom is 0.00104 e. The first-order valence-corrected chi connectivity index (χ1v) is 9.03. The first kappa shape index (κ1) is 16.5. The van der Waals surface area contributed by atoms with Gasteiger partial charge in [-0.15, -0.1) is 0 Å². The summed E-state index contributed by atoms with van der Waals surface area (Å²) in [7, 11) is 0. The lowest BCUT2D eigenvalue weighted by Crippen LogP contribution is -2.31. The van der Waals surface area contributed by atoms with Gasteiger partial charge in [-0.3, -0.25) is 0 Å². The van der Waals surface area contributed by atoms with Crippen LogP contribution in [0.25, 0.3) is 0 Å². The Morgan fingerprint density at radius 3 is 2.43 bits per heavy atom. The van der Waals surface area contributed by atoms with Crippen LogP contribution in [0.3, 0.4) is 0 Å². The molecular weight excluding hydrogens is 254 g/mol. The van der Waals surface area contributed by atoms with Crippen molar-refractivity contribution in [1.29, 1.82) is 0 Å². The number of nitrogens with one attached hydrogen (secondary N) is 1. The van der Waals surface area contributed by atoms with Crippen LogP contribution >= 0.6 is 0 Å². The lowest BCUT2D eigenvalue weighted by molar-refractivity contribution is 0.363. The molecule has 0 spiro atoms. The summed E-state index contributed by atoms with van der Waals surface area (Å²) in [5.41, 5.74) is 3.07. The van der Waals surface area contributed by atoms with E-state index in [1.165, 1.54) is 57.1 Å². The third-order valence-electron chi connectivity index (χ3n) is 4.89. The predicted octanol–water partition coefficient (Wildman–Crippen LogP) is 5.30. The Morgan fingerprint density at radius 2 is 1.76 bits per heavy atom. The van der Waals surface area contributed by atoms with E-state index >= 15 is 0 Å². The Hall–Kier alpha value is -0.820. The van der Waals surface area contributed by atoms with Crippen molar-refractivity contribution in [1.82, 2.24) is 5.32 Å². The largest absolute Gasteiger partial charge is 0.314 e. The minimum atomic E-state index is 0.598. The van der Waals surface area contributed by atoms with Gasteiger partial charge in [-0.25, -0.2) is 0 Å². The Kier molecular flexibility index (Phi) is 6.76. The first-order valence-electron chi connectivity index (χ1n) is 9.03. The van der Waals surface area contributed by atoms with Crippen molar-refractivity contribution in [2.24, 2.45) is 5.92 Å². The smallest absolute Gasteiger partial charge is 0.00104 e. The van der Waals surface area contributed by atoms with Gasteiger partial charge in [0.1, 0.15) is 0 Å². The molecule has 1 saturated carbocycles. The number of hydrogen-bond acceptors (Lipinski definition) is 1. The summed E-state index contributed by atoms with van der Waals surface area (Å²) in [5, 5.41) is 3.67. The molecule has 1 aliphatic carbocycles. The molecule has 1 N–H and O–H groups in total. The third kappa shape index (κ3) is 5.14. The molecule has 118 valence electrons. The van der Waals surface area contributed by atoms with E-state index in [1.54, 1.807) is 5.56 Å². The molecule has 0 aromatic heterocycles. The summed E-state index contributed by atoms with van der Waals surface area (Å²) in [4.78, 5) is 0. The molecule has 1 aromatic rings. The molecule has 2 rings (SSSR count). The average molecular weight is 287 g/mol. The van der Waals surface area contributed by atoms with Gasteiger partial charge in [0, 0.05) is 6.04 Å². The molecule has 2 atom stereocenters.